The van der Waals surface area contributed by atoms with E-state index in [1.807, 2.05) is 0 Å². The molecule has 0 radical (unpaired) electrons. The van der Waals surface area contributed by atoms with Gasteiger partial charge in [-0.3, -0.25) is 9.59 Å². The van der Waals surface area contributed by atoms with Crippen molar-refractivity contribution < 1.29 is 24.2 Å². The summed E-state index contributed by atoms with van der Waals surface area (Å²) in [7, 11) is 1.52. The van der Waals surface area contributed by atoms with Gasteiger partial charge in [-0.15, -0.1) is 0 Å². The number of carbonyl (C=O) groups excluding carboxylic acids is 2. The molecule has 1 fully saturated rings. The Kier molecular flexibility index (Phi) is 7.44. The predicted octanol–water partition coefficient (Wildman–Crippen LogP) is 2.02. The zero-order valence-corrected chi connectivity index (χ0v) is 15.0. The van der Waals surface area contributed by atoms with E-state index in [0.717, 1.165) is 25.7 Å². The Balaban J connectivity index is 1.83. The quantitative estimate of drug-likeness (QED) is 0.656. The summed E-state index contributed by atoms with van der Waals surface area (Å²) < 4.78 is 5.04. The molecule has 2 rings (SSSR count). The first kappa shape index (κ1) is 19.8. The summed E-state index contributed by atoms with van der Waals surface area (Å²) in [6, 6.07) is 5.25. The number of carbonyl (C=O) groups is 3. The van der Waals surface area contributed by atoms with E-state index in [1.165, 1.54) is 13.5 Å². The number of nitrogens with one attached hydrogen (secondary N) is 2. The highest BCUT2D eigenvalue weighted by Gasteiger charge is 2.23. The summed E-state index contributed by atoms with van der Waals surface area (Å²) in [5.74, 6) is -0.886. The number of ether oxygens (including phenoxy) is 1. The van der Waals surface area contributed by atoms with Gasteiger partial charge in [-0.25, -0.2) is 4.79 Å². The maximum Gasteiger partial charge on any atom is 0.330 e. The molecule has 7 heteroatoms. The molecule has 0 aromatic heterocycles. The lowest BCUT2D eigenvalue weighted by atomic mass is 9.87. The first-order valence-corrected chi connectivity index (χ1v) is 8.92. The molecule has 0 spiro atoms. The lowest BCUT2D eigenvalue weighted by Gasteiger charge is -2.21. The van der Waals surface area contributed by atoms with E-state index in [0.29, 0.717) is 23.7 Å². The number of carboxylic acids is 1. The van der Waals surface area contributed by atoms with Crippen molar-refractivity contribution >= 4 is 17.8 Å². The molecule has 0 heterocycles. The van der Waals surface area contributed by atoms with E-state index in [4.69, 9.17) is 4.74 Å². The number of rotatable bonds is 8. The zero-order valence-electron chi connectivity index (χ0n) is 15.0. The smallest absolute Gasteiger partial charge is 0.330 e. The van der Waals surface area contributed by atoms with Crippen LogP contribution in [0.4, 0.5) is 0 Å². The van der Waals surface area contributed by atoms with Crippen LogP contribution in [0.5, 0.6) is 5.75 Å². The van der Waals surface area contributed by atoms with Crippen LogP contribution in [0.25, 0.3) is 0 Å². The SMILES string of the molecule is COc1ccc(C(NC(=O)CNC(=O)CC2CCCCC2)C(=O)O)cc1. The number of benzene rings is 1. The van der Waals surface area contributed by atoms with Crippen LogP contribution in [0.1, 0.15) is 50.1 Å². The lowest BCUT2D eigenvalue weighted by molar-refractivity contribution is -0.142. The van der Waals surface area contributed by atoms with Gasteiger partial charge in [0.2, 0.25) is 11.8 Å². The molecule has 26 heavy (non-hydrogen) atoms. The van der Waals surface area contributed by atoms with Gasteiger partial charge in [0.25, 0.3) is 0 Å². The van der Waals surface area contributed by atoms with Crippen molar-refractivity contribution in [1.82, 2.24) is 10.6 Å². The molecule has 0 saturated heterocycles. The molecule has 142 valence electrons. The second-order valence-corrected chi connectivity index (χ2v) is 6.60. The molecule has 1 aromatic rings. The number of aliphatic carboxylic acids is 1. The van der Waals surface area contributed by atoms with Gasteiger partial charge in [-0.1, -0.05) is 31.4 Å². The largest absolute Gasteiger partial charge is 0.497 e. The van der Waals surface area contributed by atoms with Crippen LogP contribution in [0.3, 0.4) is 0 Å². The minimum absolute atomic E-state index is 0.164. The number of amides is 2. The summed E-state index contributed by atoms with van der Waals surface area (Å²) in [4.78, 5) is 35.4. The summed E-state index contributed by atoms with van der Waals surface area (Å²) in [5.41, 5.74) is 0.431. The van der Waals surface area contributed by atoms with Crippen molar-refractivity contribution in [2.24, 2.45) is 5.92 Å². The van der Waals surface area contributed by atoms with Crippen LogP contribution in [0.2, 0.25) is 0 Å². The Bertz CT molecular complexity index is 623. The fraction of sp³-hybridized carbons (Fsp3) is 0.526. The normalized spacial score (nSPS) is 15.7. The maximum atomic E-state index is 12.0. The monoisotopic (exact) mass is 362 g/mol. The van der Waals surface area contributed by atoms with Crippen LogP contribution < -0.4 is 15.4 Å². The fourth-order valence-corrected chi connectivity index (χ4v) is 3.20. The van der Waals surface area contributed by atoms with Crippen molar-refractivity contribution in [2.75, 3.05) is 13.7 Å². The molecule has 1 atom stereocenters. The van der Waals surface area contributed by atoms with Gasteiger partial charge < -0.3 is 20.5 Å². The molecule has 0 aliphatic heterocycles. The topological polar surface area (TPSA) is 105 Å². The maximum absolute atomic E-state index is 12.0. The predicted molar refractivity (Wildman–Crippen MR) is 95.7 cm³/mol. The van der Waals surface area contributed by atoms with Crippen LogP contribution in [0, 0.1) is 5.92 Å². The van der Waals surface area contributed by atoms with E-state index in [9.17, 15) is 19.5 Å². The summed E-state index contributed by atoms with van der Waals surface area (Å²) in [6.07, 6.45) is 6.06. The number of hydrogen-bond acceptors (Lipinski definition) is 4. The highest BCUT2D eigenvalue weighted by atomic mass is 16.5. The summed E-state index contributed by atoms with van der Waals surface area (Å²) >= 11 is 0. The third kappa shape index (κ3) is 6.06. The van der Waals surface area contributed by atoms with Crippen LogP contribution in [-0.4, -0.2) is 36.5 Å². The summed E-state index contributed by atoms with van der Waals surface area (Å²) in [6.45, 7) is -0.231. The van der Waals surface area contributed by atoms with E-state index in [1.54, 1.807) is 24.3 Å². The Morgan fingerprint density at radius 1 is 1.12 bits per heavy atom. The average Bonchev–Trinajstić information content (AvgIpc) is 2.65. The Hall–Kier alpha value is -2.57. The van der Waals surface area contributed by atoms with Gasteiger partial charge >= 0.3 is 5.97 Å². The van der Waals surface area contributed by atoms with Crippen LogP contribution in [-0.2, 0) is 14.4 Å². The van der Waals surface area contributed by atoms with E-state index in [2.05, 4.69) is 10.6 Å². The molecule has 1 aromatic carbocycles. The second kappa shape index (κ2) is 9.79. The highest BCUT2D eigenvalue weighted by molar-refractivity contribution is 5.88. The minimum atomic E-state index is -1.18. The first-order chi connectivity index (χ1) is 12.5. The van der Waals surface area contributed by atoms with E-state index in [-0.39, 0.29) is 12.5 Å². The molecule has 7 nitrogen and oxygen atoms in total. The molecule has 1 aliphatic rings. The third-order valence-corrected chi connectivity index (χ3v) is 4.65. The summed E-state index contributed by atoms with van der Waals surface area (Å²) in [5, 5.41) is 14.4. The molecular formula is C19H26N2O5. The molecular weight excluding hydrogens is 336 g/mol. The number of carboxylic acid groups (broad SMARTS) is 1. The molecule has 1 unspecified atom stereocenters. The standard InChI is InChI=1S/C19H26N2O5/c1-26-15-9-7-14(8-10-15)18(19(24)25)21-17(23)12-20-16(22)11-13-5-3-2-4-6-13/h7-10,13,18H,2-6,11-12H2,1H3,(H,20,22)(H,21,23)(H,24,25). The van der Waals surface area contributed by atoms with Gasteiger partial charge in [-0.05, 0) is 36.5 Å². The van der Waals surface area contributed by atoms with Crippen molar-refractivity contribution in [3.05, 3.63) is 29.8 Å². The third-order valence-electron chi connectivity index (χ3n) is 4.65. The van der Waals surface area contributed by atoms with Crippen molar-refractivity contribution in [2.45, 2.75) is 44.6 Å². The molecule has 2 amide bonds. The highest BCUT2D eigenvalue weighted by Crippen LogP contribution is 2.26. The molecule has 3 N–H and O–H groups in total. The van der Waals surface area contributed by atoms with E-state index < -0.39 is 17.9 Å². The zero-order chi connectivity index (χ0) is 18.9. The van der Waals surface area contributed by atoms with Gasteiger partial charge in [0.15, 0.2) is 6.04 Å². The van der Waals surface area contributed by atoms with Gasteiger partial charge in [0.05, 0.1) is 13.7 Å². The lowest BCUT2D eigenvalue weighted by Crippen LogP contribution is -2.41. The molecule has 0 bridgehead atoms. The van der Waals surface area contributed by atoms with Gasteiger partial charge in [-0.2, -0.15) is 0 Å². The van der Waals surface area contributed by atoms with E-state index >= 15 is 0 Å². The van der Waals surface area contributed by atoms with Crippen LogP contribution >= 0.6 is 0 Å². The first-order valence-electron chi connectivity index (χ1n) is 8.92. The second-order valence-electron chi connectivity index (χ2n) is 6.60. The van der Waals surface area contributed by atoms with Crippen molar-refractivity contribution in [3.63, 3.8) is 0 Å². The Labute approximate surface area is 153 Å². The van der Waals surface area contributed by atoms with Crippen LogP contribution in [0.15, 0.2) is 24.3 Å². The Morgan fingerprint density at radius 2 is 1.77 bits per heavy atom. The Morgan fingerprint density at radius 3 is 2.35 bits per heavy atom. The fourth-order valence-electron chi connectivity index (χ4n) is 3.20. The molecule has 1 aliphatic carbocycles. The van der Waals surface area contributed by atoms with Gasteiger partial charge in [0, 0.05) is 6.42 Å². The molecule has 1 saturated carbocycles. The number of methoxy groups -OCH3 is 1. The van der Waals surface area contributed by atoms with Crippen molar-refractivity contribution in [1.29, 1.82) is 0 Å². The van der Waals surface area contributed by atoms with Gasteiger partial charge in [0.1, 0.15) is 5.75 Å². The number of hydrogen-bond donors (Lipinski definition) is 3. The minimum Gasteiger partial charge on any atom is -0.497 e. The van der Waals surface area contributed by atoms with Crippen molar-refractivity contribution in [3.8, 4) is 5.75 Å². The average molecular weight is 362 g/mol.